The van der Waals surface area contributed by atoms with Crippen molar-refractivity contribution >= 4 is 0 Å². The van der Waals surface area contributed by atoms with Crippen LogP contribution in [0.3, 0.4) is 0 Å². The number of nitrogens with zero attached hydrogens (tertiary/aromatic N) is 2. The normalized spacial score (nSPS) is 22.4. The zero-order valence-corrected chi connectivity index (χ0v) is 16.6. The highest BCUT2D eigenvalue weighted by Gasteiger charge is 2.44. The van der Waals surface area contributed by atoms with Crippen LogP contribution in [-0.4, -0.2) is 4.57 Å². The summed E-state index contributed by atoms with van der Waals surface area (Å²) in [6.45, 7) is 6.59. The summed E-state index contributed by atoms with van der Waals surface area (Å²) in [5, 5.41) is 0. The molecular weight excluding hydrogens is 328 g/mol. The van der Waals surface area contributed by atoms with Gasteiger partial charge in [-0.3, -0.25) is 0 Å². The quantitative estimate of drug-likeness (QED) is 0.519. The Balaban J connectivity index is 1.81. The molecule has 1 aliphatic heterocycles. The van der Waals surface area contributed by atoms with Crippen LogP contribution in [0, 0.1) is 26.7 Å². The zero-order valence-electron chi connectivity index (χ0n) is 17.6. The third-order valence-corrected chi connectivity index (χ3v) is 6.61. The van der Waals surface area contributed by atoms with E-state index in [9.17, 15) is 1.37 Å². The molecule has 0 bridgehead atoms. The van der Waals surface area contributed by atoms with Crippen LogP contribution in [0.1, 0.15) is 67.7 Å². The van der Waals surface area contributed by atoms with Gasteiger partial charge in [0, 0.05) is 20.8 Å². The fourth-order valence-corrected chi connectivity index (χ4v) is 5.38. The number of aromatic nitrogens is 2. The van der Waals surface area contributed by atoms with Crippen molar-refractivity contribution < 1.29 is 5.94 Å². The molecular formula is C25H29N2+. The molecule has 2 heteroatoms. The second-order valence-corrected chi connectivity index (χ2v) is 8.20. The molecule has 1 saturated carbocycles. The number of fused-ring (bicyclic) bond motifs is 3. The molecule has 2 aliphatic rings. The van der Waals surface area contributed by atoms with Crippen molar-refractivity contribution in [3.8, 4) is 11.4 Å². The monoisotopic (exact) mass is 358 g/mol. The van der Waals surface area contributed by atoms with Gasteiger partial charge in [-0.25, -0.2) is 0 Å². The van der Waals surface area contributed by atoms with E-state index in [0.29, 0.717) is 5.92 Å². The molecule has 0 amide bonds. The Morgan fingerprint density at radius 1 is 0.926 bits per heavy atom. The van der Waals surface area contributed by atoms with Crippen molar-refractivity contribution in [1.29, 1.82) is 0 Å². The SMILES string of the molecule is [2H]C1(C2CCCCC2)c2ccccc2-n2c1c(C)[n+](-c1ccccc1C)c2C. The number of rotatable bonds is 2. The molecule has 27 heavy (non-hydrogen) atoms. The van der Waals surface area contributed by atoms with Gasteiger partial charge in [0.15, 0.2) is 5.69 Å². The van der Waals surface area contributed by atoms with Crippen molar-refractivity contribution in [2.75, 3.05) is 0 Å². The lowest BCUT2D eigenvalue weighted by Gasteiger charge is -2.26. The zero-order chi connectivity index (χ0) is 19.5. The summed E-state index contributed by atoms with van der Waals surface area (Å²) in [6, 6.07) is 17.2. The molecule has 0 N–H and O–H groups in total. The van der Waals surface area contributed by atoms with Crippen molar-refractivity contribution in [3.63, 3.8) is 0 Å². The van der Waals surface area contributed by atoms with Gasteiger partial charge in [-0.15, -0.1) is 0 Å². The molecule has 138 valence electrons. The smallest absolute Gasteiger partial charge is 0.197 e. The Kier molecular flexibility index (Phi) is 3.70. The molecule has 1 unspecified atom stereocenters. The predicted molar refractivity (Wildman–Crippen MR) is 110 cm³/mol. The van der Waals surface area contributed by atoms with Gasteiger partial charge in [0.25, 0.3) is 5.82 Å². The van der Waals surface area contributed by atoms with Crippen LogP contribution in [0.15, 0.2) is 48.5 Å². The average molecular weight is 359 g/mol. The Hall–Kier alpha value is -2.35. The first kappa shape index (κ1) is 15.7. The van der Waals surface area contributed by atoms with E-state index in [4.69, 9.17) is 0 Å². The lowest BCUT2D eigenvalue weighted by molar-refractivity contribution is -0.609. The first-order valence-electron chi connectivity index (χ1n) is 10.9. The highest BCUT2D eigenvalue weighted by molar-refractivity contribution is 5.55. The Morgan fingerprint density at radius 3 is 2.41 bits per heavy atom. The second kappa shape index (κ2) is 6.37. The van der Waals surface area contributed by atoms with E-state index in [1.807, 2.05) is 0 Å². The van der Waals surface area contributed by atoms with E-state index < -0.39 is 5.89 Å². The first-order chi connectivity index (χ1) is 13.5. The van der Waals surface area contributed by atoms with Gasteiger partial charge in [0.1, 0.15) is 17.1 Å². The summed E-state index contributed by atoms with van der Waals surface area (Å²) in [7, 11) is 0. The van der Waals surface area contributed by atoms with E-state index in [2.05, 4.69) is 78.4 Å². The summed E-state index contributed by atoms with van der Waals surface area (Å²) in [5.41, 5.74) is 7.28. The van der Waals surface area contributed by atoms with E-state index in [-0.39, 0.29) is 0 Å². The van der Waals surface area contributed by atoms with Crippen molar-refractivity contribution in [2.45, 2.75) is 58.8 Å². The van der Waals surface area contributed by atoms with E-state index in [1.165, 1.54) is 59.0 Å². The van der Waals surface area contributed by atoms with Crippen molar-refractivity contribution in [2.24, 2.45) is 5.92 Å². The largest absolute Gasteiger partial charge is 0.264 e. The van der Waals surface area contributed by atoms with Crippen LogP contribution in [0.2, 0.25) is 0 Å². The second-order valence-electron chi connectivity index (χ2n) is 8.20. The third-order valence-electron chi connectivity index (χ3n) is 6.61. The lowest BCUT2D eigenvalue weighted by atomic mass is 9.76. The van der Waals surface area contributed by atoms with E-state index in [1.54, 1.807) is 0 Å². The molecule has 1 aromatic heterocycles. The van der Waals surface area contributed by atoms with Gasteiger partial charge in [-0.05, 0) is 43.4 Å². The molecule has 1 fully saturated rings. The van der Waals surface area contributed by atoms with Gasteiger partial charge in [0.05, 0.1) is 5.89 Å². The summed E-state index contributed by atoms with van der Waals surface area (Å²) < 4.78 is 14.6. The van der Waals surface area contributed by atoms with E-state index in [0.717, 1.165) is 12.8 Å². The van der Waals surface area contributed by atoms with Gasteiger partial charge in [-0.2, -0.15) is 9.13 Å². The summed E-state index contributed by atoms with van der Waals surface area (Å²) in [4.78, 5) is 0. The van der Waals surface area contributed by atoms with Gasteiger partial charge < -0.3 is 0 Å². The van der Waals surface area contributed by atoms with Crippen LogP contribution in [0.5, 0.6) is 0 Å². The van der Waals surface area contributed by atoms with Gasteiger partial charge in [-0.1, -0.05) is 55.7 Å². The molecule has 5 rings (SSSR count). The first-order valence-corrected chi connectivity index (χ1v) is 10.4. The highest BCUT2D eigenvalue weighted by Crippen LogP contribution is 2.48. The molecule has 1 atom stereocenters. The molecule has 0 radical (unpaired) electrons. The van der Waals surface area contributed by atoms with Crippen LogP contribution in [0.25, 0.3) is 11.4 Å². The summed E-state index contributed by atoms with van der Waals surface area (Å²) in [6.07, 6.45) is 6.14. The van der Waals surface area contributed by atoms with Crippen molar-refractivity contribution in [3.05, 3.63) is 76.9 Å². The molecule has 2 aromatic carbocycles. The van der Waals surface area contributed by atoms with Crippen molar-refractivity contribution in [1.82, 2.24) is 4.57 Å². The molecule has 1 aliphatic carbocycles. The molecule has 2 nitrogen and oxygen atoms in total. The van der Waals surface area contributed by atoms with Crippen LogP contribution < -0.4 is 4.57 Å². The summed E-state index contributed by atoms with van der Waals surface area (Å²) >= 11 is 0. The Morgan fingerprint density at radius 2 is 1.63 bits per heavy atom. The molecule has 0 saturated heterocycles. The fraction of sp³-hybridized carbons (Fsp3) is 0.400. The number of imidazole rings is 1. The van der Waals surface area contributed by atoms with Crippen LogP contribution >= 0.6 is 0 Å². The molecule has 3 aromatic rings. The number of hydrogen-bond acceptors (Lipinski definition) is 0. The molecule has 0 spiro atoms. The summed E-state index contributed by atoms with van der Waals surface area (Å²) in [5.74, 6) is 0.931. The maximum atomic E-state index is 9.87. The molecule has 2 heterocycles. The third kappa shape index (κ3) is 2.42. The maximum absolute atomic E-state index is 9.87. The fourth-order valence-electron chi connectivity index (χ4n) is 5.38. The predicted octanol–water partition coefficient (Wildman–Crippen LogP) is 5.70. The van der Waals surface area contributed by atoms with Gasteiger partial charge in [0.2, 0.25) is 0 Å². The topological polar surface area (TPSA) is 8.81 Å². The minimum absolute atomic E-state index is 0.391. The maximum Gasteiger partial charge on any atom is 0.264 e. The van der Waals surface area contributed by atoms with E-state index >= 15 is 0 Å². The minimum Gasteiger partial charge on any atom is -0.197 e. The van der Waals surface area contributed by atoms with Crippen LogP contribution in [0.4, 0.5) is 0 Å². The number of benzene rings is 2. The Labute approximate surface area is 163 Å². The highest BCUT2D eigenvalue weighted by atomic mass is 15.2. The minimum atomic E-state index is -0.653. The number of aryl methyl sites for hydroxylation is 1. The number of para-hydroxylation sites is 2. The average Bonchev–Trinajstić information content (AvgIpc) is 3.15. The standard InChI is InChI=1S/C25H29N2/c1-17-11-7-9-15-22(17)26-18(2)25-24(20-12-5-4-6-13-20)21-14-8-10-16-23(21)27(25)19(26)3/h7-11,14-16,20,24H,4-6,12-13H2,1-3H3/q+1/i24D. The Bertz CT molecular complexity index is 1060. The van der Waals surface area contributed by atoms with Gasteiger partial charge >= 0.3 is 0 Å². The lowest BCUT2D eigenvalue weighted by Crippen LogP contribution is -2.37. The number of hydrogen-bond donors (Lipinski definition) is 0. The van der Waals surface area contributed by atoms with Crippen LogP contribution in [-0.2, 0) is 0 Å².